The third-order valence-corrected chi connectivity index (χ3v) is 0. The fraction of sp³-hybridized carbons (Fsp3) is 0. The van der Waals surface area contributed by atoms with Crippen LogP contribution in [0.4, 0.5) is 0 Å². The van der Waals surface area contributed by atoms with Gasteiger partial charge in [0.2, 0.25) is 0 Å². The van der Waals surface area contributed by atoms with E-state index in [4.69, 9.17) is 0 Å². The predicted molar refractivity (Wildman–Crippen MR) is 34.2 cm³/mol. The fourth-order valence-electron chi connectivity index (χ4n) is 0. The molecule has 0 amide bonds. The van der Waals surface area contributed by atoms with Crippen LogP contribution >= 0.6 is 8.02 Å². The Morgan fingerprint density at radius 2 is 1.25 bits per heavy atom. The van der Waals surface area contributed by atoms with E-state index in [1.807, 2.05) is 0 Å². The molecule has 0 N–H and O–H groups in total. The van der Waals surface area contributed by atoms with Crippen molar-refractivity contribution in [2.24, 2.45) is 0 Å². The van der Waals surface area contributed by atoms with Crippen molar-refractivity contribution in [3.8, 4) is 0 Å². The van der Waals surface area contributed by atoms with Crippen LogP contribution in [0.2, 0.25) is 0 Å². The molecule has 0 fully saturated rings. The standard InChI is InChI=1S/GeH4.Li.HPS.H/c;;1-2;/h1H4;;1H;. The number of hydrogen-bond acceptors (Lipinski definition) is 1. The molecule has 4 heavy (non-hydrogen) atoms. The van der Waals surface area contributed by atoms with E-state index in [0.717, 1.165) is 0 Å². The van der Waals surface area contributed by atoms with Crippen molar-refractivity contribution < 1.29 is 0 Å². The third-order valence-electron chi connectivity index (χ3n) is 0. The molecule has 0 bridgehead atoms. The van der Waals surface area contributed by atoms with Crippen LogP contribution < -0.4 is 0 Å². The van der Waals surface area contributed by atoms with Crippen LogP contribution in [-0.2, 0) is 11.8 Å². The van der Waals surface area contributed by atoms with Crippen LogP contribution in [0.3, 0.4) is 0 Å². The molecule has 0 aliphatic rings. The van der Waals surface area contributed by atoms with E-state index in [9.17, 15) is 0 Å². The van der Waals surface area contributed by atoms with Gasteiger partial charge in [0.15, 0.2) is 0 Å². The molecular weight excluding hydrogens is 143 g/mol. The summed E-state index contributed by atoms with van der Waals surface area (Å²) >= 11 is 3.89. The van der Waals surface area contributed by atoms with E-state index in [-0.39, 0.29) is 36.5 Å². The normalized spacial score (nSPS) is 1.00. The summed E-state index contributed by atoms with van der Waals surface area (Å²) in [5.74, 6) is 0. The Morgan fingerprint density at radius 3 is 1.25 bits per heavy atom. The molecule has 22 valence electrons. The van der Waals surface area contributed by atoms with Crippen LogP contribution in [0.5, 0.6) is 0 Å². The summed E-state index contributed by atoms with van der Waals surface area (Å²) in [4.78, 5) is 0. The summed E-state index contributed by atoms with van der Waals surface area (Å²) in [7, 11) is 2.56. The Bertz CT molecular complexity index is 8.00. The van der Waals surface area contributed by atoms with E-state index in [0.29, 0.717) is 0 Å². The fourth-order valence-corrected chi connectivity index (χ4v) is 0. The van der Waals surface area contributed by atoms with Gasteiger partial charge in [0.25, 0.3) is 0 Å². The van der Waals surface area contributed by atoms with Gasteiger partial charge in [-0.2, -0.15) is 0 Å². The second-order valence-corrected chi connectivity index (χ2v) is 0. The van der Waals surface area contributed by atoms with E-state index in [1.165, 1.54) is 0 Å². The molecule has 0 aromatic rings. The Balaban J connectivity index is -0.00000000500. The van der Waals surface area contributed by atoms with Crippen molar-refractivity contribution in [1.29, 1.82) is 0 Å². The van der Waals surface area contributed by atoms with E-state index < -0.39 is 0 Å². The molecule has 0 saturated heterocycles. The third kappa shape index (κ3) is 9.40. The summed E-state index contributed by atoms with van der Waals surface area (Å²) in [6.07, 6.45) is 0. The second kappa shape index (κ2) is 22.7. The molecule has 0 heterocycles. The molecule has 0 spiro atoms. The average molecular weight is 149 g/mol. The Kier molecular flexibility index (Phi) is 98.4. The van der Waals surface area contributed by atoms with Crippen molar-refractivity contribution in [2.75, 3.05) is 0 Å². The molecular formula is H6GeLiPS. The van der Waals surface area contributed by atoms with E-state index in [2.05, 4.69) is 19.8 Å². The Morgan fingerprint density at radius 1 is 1.25 bits per heavy atom. The van der Waals surface area contributed by atoms with Crippen LogP contribution in [0, 0.1) is 0 Å². The SMILES string of the molecule is P=S.[GeH4].[LiH]. The first-order chi connectivity index (χ1) is 1.00. The minimum atomic E-state index is 0. The van der Waals surface area contributed by atoms with Gasteiger partial charge in [-0.15, -0.1) is 0 Å². The van der Waals surface area contributed by atoms with Crippen molar-refractivity contribution in [3.63, 3.8) is 0 Å². The molecule has 0 atom stereocenters. The molecule has 0 saturated carbocycles. The maximum absolute atomic E-state index is 3.89. The summed E-state index contributed by atoms with van der Waals surface area (Å²) in [6, 6.07) is 0. The van der Waals surface area contributed by atoms with Gasteiger partial charge in [-0.25, -0.2) is 0 Å². The average Bonchev–Trinajstić information content (AvgIpc) is 1.00. The second-order valence-electron chi connectivity index (χ2n) is 0. The van der Waals surface area contributed by atoms with Crippen molar-refractivity contribution in [2.45, 2.75) is 0 Å². The van der Waals surface area contributed by atoms with Crippen LogP contribution in [0.25, 0.3) is 0 Å². The molecule has 0 nitrogen and oxygen atoms in total. The zero-order chi connectivity index (χ0) is 2.00. The van der Waals surface area contributed by atoms with Crippen LogP contribution in [0.15, 0.2) is 0 Å². The Labute approximate surface area is 56.1 Å². The van der Waals surface area contributed by atoms with Gasteiger partial charge >= 0.3 is 36.5 Å². The topological polar surface area (TPSA) is 0 Å². The molecule has 0 aromatic heterocycles. The predicted octanol–water partition coefficient (Wildman–Crippen LogP) is -1.51. The zero-order valence-electron chi connectivity index (χ0n) is 0.908. The van der Waals surface area contributed by atoms with Gasteiger partial charge in [0, 0.05) is 0 Å². The van der Waals surface area contributed by atoms with Gasteiger partial charge in [0.05, 0.1) is 0 Å². The van der Waals surface area contributed by atoms with Gasteiger partial charge < -0.3 is 0 Å². The van der Waals surface area contributed by atoms with E-state index in [1.54, 1.807) is 0 Å². The summed E-state index contributed by atoms with van der Waals surface area (Å²) in [6.45, 7) is 0. The number of hydrogen-bond donors (Lipinski definition) is 0. The zero-order valence-corrected chi connectivity index (χ0v) is 2.72. The van der Waals surface area contributed by atoms with Gasteiger partial charge in [0.1, 0.15) is 0 Å². The number of rotatable bonds is 0. The summed E-state index contributed by atoms with van der Waals surface area (Å²) in [5, 5.41) is 0. The quantitative estimate of drug-likeness (QED) is 0.298. The molecule has 0 radical (unpaired) electrons. The van der Waals surface area contributed by atoms with Crippen molar-refractivity contribution in [3.05, 3.63) is 0 Å². The summed E-state index contributed by atoms with van der Waals surface area (Å²) < 4.78 is 0. The molecule has 0 rings (SSSR count). The van der Waals surface area contributed by atoms with Crippen LogP contribution in [-0.4, -0.2) is 36.5 Å². The monoisotopic (exact) mass is 150 g/mol. The van der Waals surface area contributed by atoms with Crippen molar-refractivity contribution >= 4 is 56.3 Å². The maximum atomic E-state index is 3.89. The Hall–Kier alpha value is 1.66. The summed E-state index contributed by atoms with van der Waals surface area (Å²) in [5.41, 5.74) is 0. The van der Waals surface area contributed by atoms with Crippen LogP contribution in [0.1, 0.15) is 0 Å². The van der Waals surface area contributed by atoms with E-state index >= 15 is 0 Å². The molecule has 4 heteroatoms. The first-order valence-electron chi connectivity index (χ1n) is 0.204. The molecule has 0 aromatic carbocycles. The first-order valence-corrected chi connectivity index (χ1v) is 1.84. The molecule has 0 aliphatic carbocycles. The minimum absolute atomic E-state index is 0. The van der Waals surface area contributed by atoms with Gasteiger partial charge in [-0.05, 0) is 8.02 Å². The van der Waals surface area contributed by atoms with Crippen molar-refractivity contribution in [1.82, 2.24) is 0 Å². The molecule has 0 aliphatic heterocycles. The molecule has 0 unspecified atom stereocenters. The first kappa shape index (κ1) is 17.4. The van der Waals surface area contributed by atoms with Gasteiger partial charge in [-0.3, -0.25) is 0 Å². The van der Waals surface area contributed by atoms with Gasteiger partial charge in [-0.1, -0.05) is 11.8 Å².